The molecule has 2 N–H and O–H groups in total. The Morgan fingerprint density at radius 3 is 2.49 bits per heavy atom. The summed E-state index contributed by atoms with van der Waals surface area (Å²) in [5.74, 6) is -0.474. The molecule has 1 heterocycles. The molecule has 0 saturated heterocycles. The number of carbonyl (C=O) groups excluding carboxylic acids is 2. The Morgan fingerprint density at radius 2 is 1.74 bits per heavy atom. The maximum absolute atomic E-state index is 13.2. The standard InChI is InChI=1S/C26H27N3O5S/c1-18-12-13-23-22(16-18)29(35(2,32)33)15-14-24(34-23)26(31)28-21-11-7-6-10-20(21)25(30)27-17-19-8-4-3-5-9-19/h3-13,16,24H,14-15,17H2,1-2H3,(H,27,30)(H,28,31)/t24-/m0/s1. The molecule has 0 bridgehead atoms. The molecule has 8 nitrogen and oxygen atoms in total. The van der Waals surface area contributed by atoms with Crippen LogP contribution in [0, 0.1) is 6.92 Å². The fourth-order valence-electron chi connectivity index (χ4n) is 3.89. The van der Waals surface area contributed by atoms with Crippen molar-refractivity contribution < 1.29 is 22.7 Å². The Hall–Kier alpha value is -3.85. The van der Waals surface area contributed by atoms with Crippen LogP contribution in [0.25, 0.3) is 0 Å². The van der Waals surface area contributed by atoms with Gasteiger partial charge in [0.1, 0.15) is 5.75 Å². The topological polar surface area (TPSA) is 105 Å². The minimum atomic E-state index is -3.57. The molecule has 0 fully saturated rings. The molecular weight excluding hydrogens is 466 g/mol. The predicted molar refractivity (Wildman–Crippen MR) is 135 cm³/mol. The number of ether oxygens (including phenoxy) is 1. The predicted octanol–water partition coefficient (Wildman–Crippen LogP) is 3.48. The number of nitrogens with zero attached hydrogens (tertiary/aromatic N) is 1. The van der Waals surface area contributed by atoms with E-state index in [2.05, 4.69) is 10.6 Å². The highest BCUT2D eigenvalue weighted by atomic mass is 32.2. The van der Waals surface area contributed by atoms with E-state index >= 15 is 0 Å². The first-order valence-electron chi connectivity index (χ1n) is 11.2. The van der Waals surface area contributed by atoms with Crippen LogP contribution in [0.2, 0.25) is 0 Å². The van der Waals surface area contributed by atoms with E-state index in [0.29, 0.717) is 29.2 Å². The van der Waals surface area contributed by atoms with E-state index in [0.717, 1.165) is 17.4 Å². The minimum Gasteiger partial charge on any atom is -0.478 e. The molecule has 0 saturated carbocycles. The highest BCUT2D eigenvalue weighted by Crippen LogP contribution is 2.35. The van der Waals surface area contributed by atoms with Crippen molar-refractivity contribution in [2.45, 2.75) is 26.0 Å². The lowest BCUT2D eigenvalue weighted by Crippen LogP contribution is -2.36. The van der Waals surface area contributed by atoms with Gasteiger partial charge in [0.25, 0.3) is 11.8 Å². The van der Waals surface area contributed by atoms with Gasteiger partial charge in [-0.3, -0.25) is 13.9 Å². The largest absolute Gasteiger partial charge is 0.478 e. The summed E-state index contributed by atoms with van der Waals surface area (Å²) in [5.41, 5.74) is 2.90. The monoisotopic (exact) mass is 493 g/mol. The Labute approximate surface area is 205 Å². The zero-order valence-corrected chi connectivity index (χ0v) is 20.3. The van der Waals surface area contributed by atoms with Crippen molar-refractivity contribution in [2.24, 2.45) is 0 Å². The molecule has 0 aliphatic carbocycles. The molecule has 4 rings (SSSR count). The van der Waals surface area contributed by atoms with Crippen LogP contribution in [0.15, 0.2) is 72.8 Å². The van der Waals surface area contributed by atoms with E-state index < -0.39 is 22.0 Å². The van der Waals surface area contributed by atoms with Gasteiger partial charge in [-0.15, -0.1) is 0 Å². The van der Waals surface area contributed by atoms with Crippen LogP contribution in [0.5, 0.6) is 5.75 Å². The SMILES string of the molecule is Cc1ccc2c(c1)N(S(C)(=O)=O)CC[C@@H](C(=O)Nc1ccccc1C(=O)NCc1ccccc1)O2. The average Bonchev–Trinajstić information content (AvgIpc) is 3.03. The first kappa shape index (κ1) is 24.3. The Bertz CT molecular complexity index is 1340. The molecule has 2 amide bonds. The lowest BCUT2D eigenvalue weighted by Gasteiger charge is -2.21. The number of sulfonamides is 1. The van der Waals surface area contributed by atoms with Crippen LogP contribution < -0.4 is 19.7 Å². The Kier molecular flexibility index (Phi) is 7.07. The molecule has 1 aliphatic rings. The molecule has 1 aliphatic heterocycles. The third kappa shape index (κ3) is 5.81. The number of benzene rings is 3. The number of aryl methyl sites for hydroxylation is 1. The Morgan fingerprint density at radius 1 is 1.03 bits per heavy atom. The molecule has 35 heavy (non-hydrogen) atoms. The van der Waals surface area contributed by atoms with Gasteiger partial charge in [0.2, 0.25) is 10.0 Å². The van der Waals surface area contributed by atoms with Gasteiger partial charge in [-0.05, 0) is 42.3 Å². The van der Waals surface area contributed by atoms with Gasteiger partial charge in [0.05, 0.1) is 23.2 Å². The quantitative estimate of drug-likeness (QED) is 0.547. The second-order valence-electron chi connectivity index (χ2n) is 8.40. The maximum Gasteiger partial charge on any atom is 0.265 e. The smallest absolute Gasteiger partial charge is 0.265 e. The fraction of sp³-hybridized carbons (Fsp3) is 0.231. The summed E-state index contributed by atoms with van der Waals surface area (Å²) in [6.45, 7) is 2.30. The van der Waals surface area contributed by atoms with Crippen LogP contribution >= 0.6 is 0 Å². The lowest BCUT2D eigenvalue weighted by molar-refractivity contribution is -0.122. The van der Waals surface area contributed by atoms with E-state index in [4.69, 9.17) is 4.74 Å². The van der Waals surface area contributed by atoms with E-state index in [1.165, 1.54) is 4.31 Å². The van der Waals surface area contributed by atoms with E-state index in [1.807, 2.05) is 37.3 Å². The number of nitrogens with one attached hydrogen (secondary N) is 2. The van der Waals surface area contributed by atoms with E-state index in [9.17, 15) is 18.0 Å². The fourth-order valence-corrected chi connectivity index (χ4v) is 4.83. The molecule has 0 unspecified atom stereocenters. The van der Waals surface area contributed by atoms with Crippen molar-refractivity contribution in [2.75, 3.05) is 22.4 Å². The Balaban J connectivity index is 1.51. The molecule has 0 radical (unpaired) electrons. The van der Waals surface area contributed by atoms with Gasteiger partial charge < -0.3 is 15.4 Å². The highest BCUT2D eigenvalue weighted by Gasteiger charge is 2.31. The second kappa shape index (κ2) is 10.2. The van der Waals surface area contributed by atoms with Gasteiger partial charge in [-0.2, -0.15) is 0 Å². The zero-order chi connectivity index (χ0) is 25.0. The number of para-hydroxylation sites is 1. The number of hydrogen-bond donors (Lipinski definition) is 2. The number of fused-ring (bicyclic) bond motifs is 1. The number of amides is 2. The van der Waals surface area contributed by atoms with Crippen molar-refractivity contribution >= 4 is 33.2 Å². The molecular formula is C26H27N3O5S. The van der Waals surface area contributed by atoms with Gasteiger partial charge in [0, 0.05) is 19.5 Å². The molecule has 3 aromatic rings. The summed E-state index contributed by atoms with van der Waals surface area (Å²) < 4.78 is 32.0. The number of carbonyl (C=O) groups is 2. The lowest BCUT2D eigenvalue weighted by atomic mass is 10.1. The number of hydrogen-bond acceptors (Lipinski definition) is 5. The first-order valence-corrected chi connectivity index (χ1v) is 13.0. The summed E-state index contributed by atoms with van der Waals surface area (Å²) in [7, 11) is -3.57. The van der Waals surface area contributed by atoms with Gasteiger partial charge in [-0.1, -0.05) is 48.5 Å². The van der Waals surface area contributed by atoms with Gasteiger partial charge >= 0.3 is 0 Å². The summed E-state index contributed by atoms with van der Waals surface area (Å²) in [6.07, 6.45) is 0.336. The van der Waals surface area contributed by atoms with Gasteiger partial charge in [0.15, 0.2) is 6.10 Å². The molecule has 0 spiro atoms. The number of anilines is 2. The molecule has 1 atom stereocenters. The average molecular weight is 494 g/mol. The molecule has 3 aromatic carbocycles. The van der Waals surface area contributed by atoms with Crippen molar-refractivity contribution in [3.8, 4) is 5.75 Å². The van der Waals surface area contributed by atoms with Crippen molar-refractivity contribution in [3.05, 3.63) is 89.5 Å². The summed E-state index contributed by atoms with van der Waals surface area (Å²) in [4.78, 5) is 26.0. The van der Waals surface area contributed by atoms with Gasteiger partial charge in [-0.25, -0.2) is 8.42 Å². The molecule has 9 heteroatoms. The van der Waals surface area contributed by atoms with Crippen molar-refractivity contribution in [1.29, 1.82) is 0 Å². The third-order valence-electron chi connectivity index (χ3n) is 5.66. The normalized spacial score (nSPS) is 15.4. The van der Waals surface area contributed by atoms with Crippen LogP contribution in [-0.2, 0) is 21.4 Å². The zero-order valence-electron chi connectivity index (χ0n) is 19.5. The summed E-state index contributed by atoms with van der Waals surface area (Å²) >= 11 is 0. The maximum atomic E-state index is 13.2. The van der Waals surface area contributed by atoms with Crippen LogP contribution in [0.1, 0.15) is 27.9 Å². The van der Waals surface area contributed by atoms with E-state index in [-0.39, 0.29) is 18.9 Å². The second-order valence-corrected chi connectivity index (χ2v) is 10.3. The number of rotatable bonds is 6. The summed E-state index contributed by atoms with van der Waals surface area (Å²) in [6, 6.07) is 21.4. The summed E-state index contributed by atoms with van der Waals surface area (Å²) in [5, 5.41) is 5.65. The van der Waals surface area contributed by atoms with Crippen LogP contribution in [0.4, 0.5) is 11.4 Å². The highest BCUT2D eigenvalue weighted by molar-refractivity contribution is 7.92. The minimum absolute atomic E-state index is 0.0899. The molecule has 182 valence electrons. The molecule has 0 aromatic heterocycles. The van der Waals surface area contributed by atoms with E-state index in [1.54, 1.807) is 42.5 Å². The van der Waals surface area contributed by atoms with Crippen molar-refractivity contribution in [3.63, 3.8) is 0 Å². The third-order valence-corrected chi connectivity index (χ3v) is 6.84. The first-order chi connectivity index (χ1) is 16.7. The van der Waals surface area contributed by atoms with Crippen molar-refractivity contribution in [1.82, 2.24) is 5.32 Å². The van der Waals surface area contributed by atoms with Crippen LogP contribution in [-0.4, -0.2) is 39.1 Å². The van der Waals surface area contributed by atoms with Crippen LogP contribution in [0.3, 0.4) is 0 Å².